The molecular formula is C14H13BrFN3O2. The van der Waals surface area contributed by atoms with E-state index in [1.165, 1.54) is 28.8 Å². The van der Waals surface area contributed by atoms with Gasteiger partial charge in [0, 0.05) is 35.4 Å². The molecule has 1 aromatic carbocycles. The Balaban J connectivity index is 2.01. The van der Waals surface area contributed by atoms with E-state index in [1.807, 2.05) is 0 Å². The van der Waals surface area contributed by atoms with Crippen molar-refractivity contribution in [2.45, 2.75) is 13.0 Å². The molecule has 0 saturated heterocycles. The molecule has 2 aromatic rings. The van der Waals surface area contributed by atoms with Crippen LogP contribution in [-0.2, 0) is 11.3 Å². The first-order valence-electron chi connectivity index (χ1n) is 6.16. The minimum atomic E-state index is -0.558. The highest BCUT2D eigenvalue weighted by molar-refractivity contribution is 9.10. The van der Waals surface area contributed by atoms with Crippen LogP contribution in [0.3, 0.4) is 0 Å². The Bertz CT molecular complexity index is 730. The Morgan fingerprint density at radius 1 is 1.33 bits per heavy atom. The van der Waals surface area contributed by atoms with Crippen LogP contribution in [0.4, 0.5) is 15.8 Å². The summed E-state index contributed by atoms with van der Waals surface area (Å²) in [5.74, 6) is -0.955. The quantitative estimate of drug-likeness (QED) is 0.828. The summed E-state index contributed by atoms with van der Waals surface area (Å²) < 4.78 is 15.6. The molecule has 0 atom stereocenters. The van der Waals surface area contributed by atoms with Gasteiger partial charge in [0.05, 0.1) is 5.69 Å². The van der Waals surface area contributed by atoms with Crippen molar-refractivity contribution < 1.29 is 9.18 Å². The number of nitrogens with two attached hydrogens (primary N) is 1. The second kappa shape index (κ2) is 6.53. The van der Waals surface area contributed by atoms with E-state index in [0.717, 1.165) is 4.47 Å². The van der Waals surface area contributed by atoms with E-state index in [-0.39, 0.29) is 24.2 Å². The SMILES string of the molecule is Nc1ccc(F)c(NC(=O)CCn2cc(Br)ccc2=O)c1. The molecule has 1 aromatic heterocycles. The van der Waals surface area contributed by atoms with Crippen LogP contribution in [-0.4, -0.2) is 10.5 Å². The van der Waals surface area contributed by atoms with Crippen LogP contribution in [0.5, 0.6) is 0 Å². The van der Waals surface area contributed by atoms with Crippen molar-refractivity contribution in [2.24, 2.45) is 0 Å². The third-order valence-corrected chi connectivity index (χ3v) is 3.26. The number of nitrogens with zero attached hydrogens (tertiary/aromatic N) is 1. The fraction of sp³-hybridized carbons (Fsp3) is 0.143. The number of pyridine rings is 1. The lowest BCUT2D eigenvalue weighted by Gasteiger charge is -2.08. The Labute approximate surface area is 128 Å². The minimum absolute atomic E-state index is 0.0292. The summed E-state index contributed by atoms with van der Waals surface area (Å²) in [6, 6.07) is 6.97. The fourth-order valence-electron chi connectivity index (χ4n) is 1.75. The maximum absolute atomic E-state index is 13.5. The van der Waals surface area contributed by atoms with E-state index in [4.69, 9.17) is 5.73 Å². The fourth-order valence-corrected chi connectivity index (χ4v) is 2.13. The topological polar surface area (TPSA) is 77.1 Å². The highest BCUT2D eigenvalue weighted by atomic mass is 79.9. The van der Waals surface area contributed by atoms with Crippen molar-refractivity contribution in [1.29, 1.82) is 0 Å². The number of carbonyl (C=O) groups is 1. The number of amides is 1. The van der Waals surface area contributed by atoms with Crippen molar-refractivity contribution in [2.75, 3.05) is 11.1 Å². The Kier molecular flexibility index (Phi) is 4.74. The highest BCUT2D eigenvalue weighted by Crippen LogP contribution is 2.17. The van der Waals surface area contributed by atoms with Gasteiger partial charge in [-0.25, -0.2) is 4.39 Å². The lowest BCUT2D eigenvalue weighted by Crippen LogP contribution is -2.22. The zero-order chi connectivity index (χ0) is 15.4. The summed E-state index contributed by atoms with van der Waals surface area (Å²) in [7, 11) is 0. The first-order valence-corrected chi connectivity index (χ1v) is 6.96. The molecule has 1 heterocycles. The maximum Gasteiger partial charge on any atom is 0.250 e. The molecule has 0 unspecified atom stereocenters. The van der Waals surface area contributed by atoms with Crippen LogP contribution in [0, 0.1) is 5.82 Å². The highest BCUT2D eigenvalue weighted by Gasteiger charge is 2.08. The van der Waals surface area contributed by atoms with E-state index < -0.39 is 11.7 Å². The number of rotatable bonds is 4. The van der Waals surface area contributed by atoms with Crippen LogP contribution >= 0.6 is 15.9 Å². The van der Waals surface area contributed by atoms with Gasteiger partial charge in [0.1, 0.15) is 5.82 Å². The molecule has 0 bridgehead atoms. The number of hydrogen-bond acceptors (Lipinski definition) is 3. The molecule has 5 nitrogen and oxygen atoms in total. The van der Waals surface area contributed by atoms with E-state index >= 15 is 0 Å². The average molecular weight is 354 g/mol. The standard InChI is InChI=1S/C14H13BrFN3O2/c15-9-1-4-14(21)19(8-9)6-5-13(20)18-12-7-10(17)2-3-11(12)16/h1-4,7-8H,5-6,17H2,(H,18,20). The summed E-state index contributed by atoms with van der Waals surface area (Å²) >= 11 is 3.25. The maximum atomic E-state index is 13.5. The molecule has 3 N–H and O–H groups in total. The smallest absolute Gasteiger partial charge is 0.250 e. The number of aryl methyl sites for hydroxylation is 1. The van der Waals surface area contributed by atoms with Crippen LogP contribution in [0.1, 0.15) is 6.42 Å². The second-order valence-corrected chi connectivity index (χ2v) is 5.33. The van der Waals surface area contributed by atoms with E-state index in [1.54, 1.807) is 12.3 Å². The third kappa shape index (κ3) is 4.16. The molecule has 1 amide bonds. The lowest BCUT2D eigenvalue weighted by atomic mass is 10.2. The van der Waals surface area contributed by atoms with Gasteiger partial charge in [0.2, 0.25) is 5.91 Å². The molecule has 0 saturated carbocycles. The van der Waals surface area contributed by atoms with E-state index in [0.29, 0.717) is 5.69 Å². The second-order valence-electron chi connectivity index (χ2n) is 4.42. The molecule has 21 heavy (non-hydrogen) atoms. The Hall–Kier alpha value is -2.15. The summed E-state index contributed by atoms with van der Waals surface area (Å²) in [5, 5.41) is 2.43. The van der Waals surface area contributed by atoms with Crippen molar-refractivity contribution in [3.63, 3.8) is 0 Å². The molecule has 0 spiro atoms. The molecule has 0 aliphatic carbocycles. The van der Waals surface area contributed by atoms with Crippen molar-refractivity contribution >= 4 is 33.2 Å². The number of nitrogens with one attached hydrogen (secondary N) is 1. The van der Waals surface area contributed by atoms with Gasteiger partial charge in [-0.2, -0.15) is 0 Å². The van der Waals surface area contributed by atoms with Crippen LogP contribution in [0.25, 0.3) is 0 Å². The van der Waals surface area contributed by atoms with Gasteiger partial charge in [-0.3, -0.25) is 9.59 Å². The Morgan fingerprint density at radius 2 is 2.10 bits per heavy atom. The summed E-state index contributed by atoms with van der Waals surface area (Å²) in [6.07, 6.45) is 1.64. The van der Waals surface area contributed by atoms with Gasteiger partial charge in [0.25, 0.3) is 5.56 Å². The molecule has 2 rings (SSSR count). The number of anilines is 2. The van der Waals surface area contributed by atoms with E-state index in [9.17, 15) is 14.0 Å². The summed E-state index contributed by atoms with van der Waals surface area (Å²) in [6.45, 7) is 0.202. The van der Waals surface area contributed by atoms with Crippen LogP contribution in [0.15, 0.2) is 45.8 Å². The zero-order valence-corrected chi connectivity index (χ0v) is 12.6. The molecule has 7 heteroatoms. The van der Waals surface area contributed by atoms with Gasteiger partial charge >= 0.3 is 0 Å². The van der Waals surface area contributed by atoms with Gasteiger partial charge in [-0.1, -0.05) is 0 Å². The average Bonchev–Trinajstić information content (AvgIpc) is 2.44. The first kappa shape index (κ1) is 15.2. The van der Waals surface area contributed by atoms with Crippen molar-refractivity contribution in [3.05, 3.63) is 57.2 Å². The third-order valence-electron chi connectivity index (χ3n) is 2.79. The number of carbonyl (C=O) groups excluding carboxylic acids is 1. The summed E-state index contributed by atoms with van der Waals surface area (Å²) in [5.41, 5.74) is 5.71. The Morgan fingerprint density at radius 3 is 2.86 bits per heavy atom. The predicted octanol–water partition coefficient (Wildman–Crippen LogP) is 2.36. The molecule has 0 radical (unpaired) electrons. The number of hydrogen-bond donors (Lipinski definition) is 2. The predicted molar refractivity (Wildman–Crippen MR) is 82.5 cm³/mol. The number of halogens is 2. The molecule has 0 aliphatic rings. The monoisotopic (exact) mass is 353 g/mol. The zero-order valence-electron chi connectivity index (χ0n) is 11.0. The lowest BCUT2D eigenvalue weighted by molar-refractivity contribution is -0.116. The van der Waals surface area contributed by atoms with Gasteiger partial charge in [0.15, 0.2) is 0 Å². The molecular weight excluding hydrogens is 341 g/mol. The van der Waals surface area contributed by atoms with Gasteiger partial charge < -0.3 is 15.6 Å². The van der Waals surface area contributed by atoms with Crippen molar-refractivity contribution in [3.8, 4) is 0 Å². The largest absolute Gasteiger partial charge is 0.399 e. The summed E-state index contributed by atoms with van der Waals surface area (Å²) in [4.78, 5) is 23.4. The van der Waals surface area contributed by atoms with Crippen LogP contribution < -0.4 is 16.6 Å². The first-order chi connectivity index (χ1) is 9.95. The van der Waals surface area contributed by atoms with Gasteiger partial charge in [-0.05, 0) is 40.2 Å². The molecule has 0 fully saturated rings. The van der Waals surface area contributed by atoms with Gasteiger partial charge in [-0.15, -0.1) is 0 Å². The number of aromatic nitrogens is 1. The normalized spacial score (nSPS) is 10.4. The molecule has 0 aliphatic heterocycles. The minimum Gasteiger partial charge on any atom is -0.399 e. The van der Waals surface area contributed by atoms with E-state index in [2.05, 4.69) is 21.2 Å². The van der Waals surface area contributed by atoms with Crippen molar-refractivity contribution in [1.82, 2.24) is 4.57 Å². The van der Waals surface area contributed by atoms with Crippen LogP contribution in [0.2, 0.25) is 0 Å². The number of benzene rings is 1. The number of nitrogen functional groups attached to an aromatic ring is 1. The molecule has 110 valence electrons.